The number of phenolic OH excluding ortho intramolecular Hbond substituents is 1. The molecule has 3 nitrogen and oxygen atoms in total. The van der Waals surface area contributed by atoms with Crippen molar-refractivity contribution in [2.24, 2.45) is 5.92 Å². The molecule has 18 heavy (non-hydrogen) atoms. The SMILES string of the molecule is Oc1ccc2c(c1)CCCC2NCC1CC(O)C1. The Labute approximate surface area is 108 Å². The number of benzene rings is 1. The van der Waals surface area contributed by atoms with Crippen molar-refractivity contribution < 1.29 is 10.2 Å². The smallest absolute Gasteiger partial charge is 0.115 e. The normalized spacial score (nSPS) is 30.6. The molecule has 0 amide bonds. The van der Waals surface area contributed by atoms with Crippen LogP contribution < -0.4 is 5.32 Å². The van der Waals surface area contributed by atoms with Crippen molar-refractivity contribution in [3.8, 4) is 5.75 Å². The van der Waals surface area contributed by atoms with Crippen molar-refractivity contribution in [1.29, 1.82) is 0 Å². The van der Waals surface area contributed by atoms with Gasteiger partial charge in [-0.1, -0.05) is 6.07 Å². The molecule has 1 atom stereocenters. The number of nitrogens with one attached hydrogen (secondary N) is 1. The largest absolute Gasteiger partial charge is 0.508 e. The highest BCUT2D eigenvalue weighted by Crippen LogP contribution is 2.33. The minimum Gasteiger partial charge on any atom is -0.508 e. The van der Waals surface area contributed by atoms with Gasteiger partial charge < -0.3 is 15.5 Å². The van der Waals surface area contributed by atoms with Crippen LogP contribution in [-0.2, 0) is 6.42 Å². The zero-order valence-corrected chi connectivity index (χ0v) is 10.6. The molecular weight excluding hydrogens is 226 g/mol. The lowest BCUT2D eigenvalue weighted by Crippen LogP contribution is -2.38. The molecule has 98 valence electrons. The Morgan fingerprint density at radius 2 is 2.11 bits per heavy atom. The predicted octanol–water partition coefficient (Wildman–Crippen LogP) is 2.13. The fraction of sp³-hybridized carbons (Fsp3) is 0.600. The molecule has 1 saturated carbocycles. The van der Waals surface area contributed by atoms with Crippen LogP contribution in [0.5, 0.6) is 5.75 Å². The van der Waals surface area contributed by atoms with E-state index in [-0.39, 0.29) is 6.10 Å². The Bertz CT molecular complexity index is 427. The number of aryl methyl sites for hydroxylation is 1. The van der Waals surface area contributed by atoms with Gasteiger partial charge >= 0.3 is 0 Å². The van der Waals surface area contributed by atoms with Crippen LogP contribution in [0.2, 0.25) is 0 Å². The topological polar surface area (TPSA) is 52.5 Å². The molecule has 2 aliphatic carbocycles. The number of hydrogen-bond donors (Lipinski definition) is 3. The zero-order chi connectivity index (χ0) is 12.5. The van der Waals surface area contributed by atoms with Crippen LogP contribution in [0.4, 0.5) is 0 Å². The van der Waals surface area contributed by atoms with Crippen molar-refractivity contribution in [2.75, 3.05) is 6.54 Å². The molecule has 3 rings (SSSR count). The number of phenols is 1. The summed E-state index contributed by atoms with van der Waals surface area (Å²) in [5, 5.41) is 22.4. The maximum atomic E-state index is 9.52. The second-order valence-corrected chi connectivity index (χ2v) is 5.73. The summed E-state index contributed by atoms with van der Waals surface area (Å²) in [4.78, 5) is 0. The van der Waals surface area contributed by atoms with Gasteiger partial charge in [0.25, 0.3) is 0 Å². The molecular formula is C15H21NO2. The second kappa shape index (κ2) is 4.90. The zero-order valence-electron chi connectivity index (χ0n) is 10.6. The van der Waals surface area contributed by atoms with Gasteiger partial charge in [0.1, 0.15) is 5.75 Å². The summed E-state index contributed by atoms with van der Waals surface area (Å²) in [5.41, 5.74) is 2.63. The molecule has 0 aromatic heterocycles. The van der Waals surface area contributed by atoms with Gasteiger partial charge in [-0.05, 0) is 67.8 Å². The van der Waals surface area contributed by atoms with E-state index in [2.05, 4.69) is 11.4 Å². The van der Waals surface area contributed by atoms with E-state index in [1.807, 2.05) is 6.07 Å². The maximum absolute atomic E-state index is 9.52. The van der Waals surface area contributed by atoms with Crippen molar-refractivity contribution >= 4 is 0 Å². The van der Waals surface area contributed by atoms with Gasteiger partial charge in [0, 0.05) is 6.04 Å². The Morgan fingerprint density at radius 3 is 2.89 bits per heavy atom. The van der Waals surface area contributed by atoms with Crippen LogP contribution in [-0.4, -0.2) is 22.9 Å². The lowest BCUT2D eigenvalue weighted by Gasteiger charge is -2.34. The van der Waals surface area contributed by atoms with Gasteiger partial charge in [0.2, 0.25) is 0 Å². The van der Waals surface area contributed by atoms with Gasteiger partial charge in [-0.2, -0.15) is 0 Å². The lowest BCUT2D eigenvalue weighted by molar-refractivity contribution is 0.0415. The average Bonchev–Trinajstić information content (AvgIpc) is 2.32. The molecule has 3 heteroatoms. The van der Waals surface area contributed by atoms with Crippen LogP contribution in [0, 0.1) is 5.92 Å². The van der Waals surface area contributed by atoms with E-state index in [4.69, 9.17) is 0 Å². The van der Waals surface area contributed by atoms with E-state index in [0.29, 0.717) is 17.7 Å². The molecule has 0 radical (unpaired) electrons. The first kappa shape index (κ1) is 12.0. The number of aliphatic hydroxyl groups excluding tert-OH is 1. The second-order valence-electron chi connectivity index (χ2n) is 5.73. The number of aromatic hydroxyl groups is 1. The first-order chi connectivity index (χ1) is 8.72. The van der Waals surface area contributed by atoms with Gasteiger partial charge in [0.05, 0.1) is 6.10 Å². The third kappa shape index (κ3) is 2.38. The molecule has 0 heterocycles. The summed E-state index contributed by atoms with van der Waals surface area (Å²) >= 11 is 0. The highest BCUT2D eigenvalue weighted by Gasteiger charge is 2.28. The number of rotatable bonds is 3. The predicted molar refractivity (Wildman–Crippen MR) is 70.5 cm³/mol. The van der Waals surface area contributed by atoms with Crippen molar-refractivity contribution in [3.63, 3.8) is 0 Å². The molecule has 1 aromatic rings. The third-order valence-corrected chi connectivity index (χ3v) is 4.30. The Balaban J connectivity index is 1.64. The molecule has 1 aromatic carbocycles. The maximum Gasteiger partial charge on any atom is 0.115 e. The molecule has 3 N–H and O–H groups in total. The molecule has 0 saturated heterocycles. The van der Waals surface area contributed by atoms with Crippen LogP contribution >= 0.6 is 0 Å². The highest BCUT2D eigenvalue weighted by atomic mass is 16.3. The first-order valence-corrected chi connectivity index (χ1v) is 6.95. The Morgan fingerprint density at radius 1 is 1.28 bits per heavy atom. The fourth-order valence-corrected chi connectivity index (χ4v) is 3.19. The van der Waals surface area contributed by atoms with E-state index in [1.165, 1.54) is 24.0 Å². The first-order valence-electron chi connectivity index (χ1n) is 6.95. The van der Waals surface area contributed by atoms with Gasteiger partial charge in [0.15, 0.2) is 0 Å². The summed E-state index contributed by atoms with van der Waals surface area (Å²) in [6, 6.07) is 6.16. The van der Waals surface area contributed by atoms with E-state index in [9.17, 15) is 10.2 Å². The lowest BCUT2D eigenvalue weighted by atomic mass is 9.81. The quantitative estimate of drug-likeness (QED) is 0.767. The number of aliphatic hydroxyl groups is 1. The number of fused-ring (bicyclic) bond motifs is 1. The van der Waals surface area contributed by atoms with Crippen LogP contribution in [0.15, 0.2) is 18.2 Å². The summed E-state index contributed by atoms with van der Waals surface area (Å²) in [7, 11) is 0. The van der Waals surface area contributed by atoms with Crippen molar-refractivity contribution in [1.82, 2.24) is 5.32 Å². The summed E-state index contributed by atoms with van der Waals surface area (Å²) in [6.45, 7) is 1.00. The Hall–Kier alpha value is -1.06. The minimum atomic E-state index is -0.0626. The molecule has 1 unspecified atom stereocenters. The van der Waals surface area contributed by atoms with E-state index >= 15 is 0 Å². The third-order valence-electron chi connectivity index (χ3n) is 4.30. The van der Waals surface area contributed by atoms with Crippen LogP contribution in [0.3, 0.4) is 0 Å². The number of hydrogen-bond acceptors (Lipinski definition) is 3. The average molecular weight is 247 g/mol. The standard InChI is InChI=1S/C15H21NO2/c17-12-4-5-14-11(8-12)2-1-3-15(14)16-9-10-6-13(18)7-10/h4-5,8,10,13,15-18H,1-3,6-7,9H2. The minimum absolute atomic E-state index is 0.0626. The summed E-state index contributed by atoms with van der Waals surface area (Å²) in [6.07, 6.45) is 5.26. The highest BCUT2D eigenvalue weighted by molar-refractivity contribution is 5.38. The molecule has 0 bridgehead atoms. The van der Waals surface area contributed by atoms with Crippen molar-refractivity contribution in [2.45, 2.75) is 44.2 Å². The molecule has 2 aliphatic rings. The van der Waals surface area contributed by atoms with Gasteiger partial charge in [-0.25, -0.2) is 0 Å². The summed E-state index contributed by atoms with van der Waals surface area (Å²) in [5.74, 6) is 1.01. The van der Waals surface area contributed by atoms with Crippen LogP contribution in [0.25, 0.3) is 0 Å². The fourth-order valence-electron chi connectivity index (χ4n) is 3.19. The van der Waals surface area contributed by atoms with E-state index in [0.717, 1.165) is 25.8 Å². The van der Waals surface area contributed by atoms with Gasteiger partial charge in [-0.3, -0.25) is 0 Å². The van der Waals surface area contributed by atoms with Gasteiger partial charge in [-0.15, -0.1) is 0 Å². The summed E-state index contributed by atoms with van der Waals surface area (Å²) < 4.78 is 0. The monoisotopic (exact) mass is 247 g/mol. The molecule has 0 aliphatic heterocycles. The van der Waals surface area contributed by atoms with Crippen LogP contribution in [0.1, 0.15) is 42.9 Å². The van der Waals surface area contributed by atoms with E-state index < -0.39 is 0 Å². The van der Waals surface area contributed by atoms with E-state index in [1.54, 1.807) is 6.07 Å². The van der Waals surface area contributed by atoms with Crippen molar-refractivity contribution in [3.05, 3.63) is 29.3 Å². The molecule has 0 spiro atoms. The molecule has 1 fully saturated rings. The Kier molecular flexibility index (Phi) is 3.27.